The summed E-state index contributed by atoms with van der Waals surface area (Å²) in [6.45, 7) is 1.55. The summed E-state index contributed by atoms with van der Waals surface area (Å²) in [5.74, 6) is 0. The lowest BCUT2D eigenvalue weighted by molar-refractivity contribution is 0.248. The third-order valence-electron chi connectivity index (χ3n) is 1.40. The van der Waals surface area contributed by atoms with E-state index in [-0.39, 0.29) is 0 Å². The highest BCUT2D eigenvalue weighted by Gasteiger charge is 2.20. The van der Waals surface area contributed by atoms with Crippen LogP contribution < -0.4 is 11.1 Å². The van der Waals surface area contributed by atoms with Crippen molar-refractivity contribution in [3.8, 4) is 0 Å². The van der Waals surface area contributed by atoms with Crippen LogP contribution in [0, 0.1) is 0 Å². The predicted molar refractivity (Wildman–Crippen MR) is 36.6 cm³/mol. The lowest BCUT2D eigenvalue weighted by atomic mass is 10.2. The first-order chi connectivity index (χ1) is 4.79. The fourth-order valence-corrected chi connectivity index (χ4v) is 0.776. The maximum absolute atomic E-state index is 10.1. The molecule has 1 atom stereocenters. The van der Waals surface area contributed by atoms with E-state index in [9.17, 15) is 4.79 Å². The number of carbonyl (C=O) groups excluding carboxylic acids is 1. The second-order valence-electron chi connectivity index (χ2n) is 2.39. The monoisotopic (exact) mass is 144 g/mol. The van der Waals surface area contributed by atoms with E-state index in [0.717, 1.165) is 19.4 Å². The van der Waals surface area contributed by atoms with Crippen LogP contribution >= 0.6 is 0 Å². The zero-order valence-corrected chi connectivity index (χ0v) is 5.80. The fourth-order valence-electron chi connectivity index (χ4n) is 0.776. The zero-order valence-electron chi connectivity index (χ0n) is 5.80. The van der Waals surface area contributed by atoms with Crippen molar-refractivity contribution < 1.29 is 9.53 Å². The van der Waals surface area contributed by atoms with Gasteiger partial charge >= 0.3 is 6.03 Å². The topological polar surface area (TPSA) is 67.7 Å². The number of hydrogen-bond donors (Lipinski definition) is 2. The van der Waals surface area contributed by atoms with E-state index in [0.29, 0.717) is 12.6 Å². The molecule has 1 heterocycles. The highest BCUT2D eigenvalue weighted by Crippen LogP contribution is 2.14. The van der Waals surface area contributed by atoms with E-state index >= 15 is 0 Å². The van der Waals surface area contributed by atoms with Crippen LogP contribution in [0.15, 0.2) is 0 Å². The number of nitrogens with one attached hydrogen (secondary N) is 1. The number of amides is 2. The molecule has 0 radical (unpaired) electrons. The molecule has 1 unspecified atom stereocenters. The molecule has 58 valence electrons. The van der Waals surface area contributed by atoms with E-state index in [2.05, 4.69) is 5.32 Å². The summed E-state index contributed by atoms with van der Waals surface area (Å²) in [5.41, 5.74) is 4.84. The van der Waals surface area contributed by atoms with Crippen molar-refractivity contribution in [1.29, 1.82) is 0 Å². The molecular weight excluding hydrogens is 132 g/mol. The van der Waals surface area contributed by atoms with Crippen molar-refractivity contribution in [2.45, 2.75) is 18.9 Å². The summed E-state index contributed by atoms with van der Waals surface area (Å²) in [4.78, 5) is 10.1. The Hall–Kier alpha value is -0.770. The average Bonchev–Trinajstić information content (AvgIpc) is 2.62. The fraction of sp³-hybridized carbons (Fsp3) is 0.833. The van der Waals surface area contributed by atoms with Gasteiger partial charge in [-0.1, -0.05) is 0 Å². The van der Waals surface area contributed by atoms with Crippen molar-refractivity contribution in [3.05, 3.63) is 0 Å². The Balaban J connectivity index is 1.80. The van der Waals surface area contributed by atoms with Gasteiger partial charge in [0.2, 0.25) is 0 Å². The van der Waals surface area contributed by atoms with E-state index in [1.165, 1.54) is 0 Å². The third kappa shape index (κ3) is 3.29. The molecule has 0 aromatic heterocycles. The van der Waals surface area contributed by atoms with Crippen molar-refractivity contribution in [2.24, 2.45) is 5.73 Å². The molecule has 2 amide bonds. The molecule has 0 spiro atoms. The molecule has 10 heavy (non-hydrogen) atoms. The van der Waals surface area contributed by atoms with Crippen LogP contribution in [0.5, 0.6) is 0 Å². The van der Waals surface area contributed by atoms with Gasteiger partial charge in [-0.25, -0.2) is 4.79 Å². The first-order valence-electron chi connectivity index (χ1n) is 3.44. The normalized spacial score (nSPS) is 22.2. The molecule has 0 bridgehead atoms. The summed E-state index contributed by atoms with van der Waals surface area (Å²) in [7, 11) is 0. The number of nitrogens with two attached hydrogens (primary N) is 1. The van der Waals surface area contributed by atoms with Gasteiger partial charge in [-0.05, 0) is 12.8 Å². The molecular formula is C6H12N2O2. The SMILES string of the molecule is NC(=O)NCCCC1CO1. The minimum absolute atomic E-state index is 0.447. The maximum atomic E-state index is 10.1. The second kappa shape index (κ2) is 3.41. The number of rotatable bonds is 4. The van der Waals surface area contributed by atoms with E-state index in [4.69, 9.17) is 10.5 Å². The number of primary amides is 1. The Labute approximate surface area is 59.7 Å². The minimum Gasteiger partial charge on any atom is -0.373 e. The van der Waals surface area contributed by atoms with Gasteiger partial charge in [-0.3, -0.25) is 0 Å². The molecule has 0 aromatic carbocycles. The molecule has 4 nitrogen and oxygen atoms in total. The molecule has 1 aliphatic heterocycles. The summed E-state index contributed by atoms with van der Waals surface area (Å²) in [6.07, 6.45) is 2.43. The largest absolute Gasteiger partial charge is 0.373 e. The molecule has 1 fully saturated rings. The lowest BCUT2D eigenvalue weighted by Gasteiger charge is -1.97. The van der Waals surface area contributed by atoms with Gasteiger partial charge in [-0.15, -0.1) is 0 Å². The number of carbonyl (C=O) groups is 1. The Morgan fingerprint density at radius 3 is 3.00 bits per heavy atom. The van der Waals surface area contributed by atoms with Gasteiger partial charge in [0, 0.05) is 6.54 Å². The van der Waals surface area contributed by atoms with E-state index in [1.54, 1.807) is 0 Å². The van der Waals surface area contributed by atoms with Crippen LogP contribution in [0.3, 0.4) is 0 Å². The van der Waals surface area contributed by atoms with Gasteiger partial charge < -0.3 is 15.8 Å². The Kier molecular flexibility index (Phi) is 2.50. The van der Waals surface area contributed by atoms with Crippen molar-refractivity contribution >= 4 is 6.03 Å². The highest BCUT2D eigenvalue weighted by atomic mass is 16.6. The Bertz CT molecular complexity index is 123. The van der Waals surface area contributed by atoms with Gasteiger partial charge in [0.25, 0.3) is 0 Å². The van der Waals surface area contributed by atoms with Crippen LogP contribution in [-0.2, 0) is 4.74 Å². The van der Waals surface area contributed by atoms with Crippen LogP contribution in [0.4, 0.5) is 4.79 Å². The third-order valence-corrected chi connectivity index (χ3v) is 1.40. The second-order valence-corrected chi connectivity index (χ2v) is 2.39. The quantitative estimate of drug-likeness (QED) is 0.425. The van der Waals surface area contributed by atoms with Gasteiger partial charge in [0.05, 0.1) is 12.7 Å². The summed E-state index contributed by atoms with van der Waals surface area (Å²) in [6, 6.07) is -0.447. The highest BCUT2D eigenvalue weighted by molar-refractivity contribution is 5.71. The number of hydrogen-bond acceptors (Lipinski definition) is 2. The maximum Gasteiger partial charge on any atom is 0.312 e. The zero-order chi connectivity index (χ0) is 7.40. The van der Waals surface area contributed by atoms with Crippen LogP contribution in [-0.4, -0.2) is 25.3 Å². The van der Waals surface area contributed by atoms with Crippen LogP contribution in [0.25, 0.3) is 0 Å². The molecule has 0 saturated carbocycles. The molecule has 1 rings (SSSR count). The number of ether oxygens (including phenoxy) is 1. The molecule has 0 aliphatic carbocycles. The molecule has 3 N–H and O–H groups in total. The standard InChI is InChI=1S/C6H12N2O2/c7-6(9)8-3-1-2-5-4-10-5/h5H,1-4H2,(H3,7,8,9). The first kappa shape index (κ1) is 7.34. The van der Waals surface area contributed by atoms with Gasteiger partial charge in [-0.2, -0.15) is 0 Å². The minimum atomic E-state index is -0.447. The van der Waals surface area contributed by atoms with Crippen LogP contribution in [0.1, 0.15) is 12.8 Å². The van der Waals surface area contributed by atoms with Gasteiger partial charge in [0.15, 0.2) is 0 Å². The smallest absolute Gasteiger partial charge is 0.312 e. The predicted octanol–water partition coefficient (Wildman–Crippen LogP) is -0.166. The van der Waals surface area contributed by atoms with Gasteiger partial charge in [0.1, 0.15) is 0 Å². The molecule has 1 saturated heterocycles. The Morgan fingerprint density at radius 1 is 1.80 bits per heavy atom. The van der Waals surface area contributed by atoms with Crippen molar-refractivity contribution in [1.82, 2.24) is 5.32 Å². The molecule has 0 aromatic rings. The van der Waals surface area contributed by atoms with E-state index < -0.39 is 6.03 Å². The summed E-state index contributed by atoms with van der Waals surface area (Å²) >= 11 is 0. The Morgan fingerprint density at radius 2 is 2.50 bits per heavy atom. The van der Waals surface area contributed by atoms with Crippen molar-refractivity contribution in [3.63, 3.8) is 0 Å². The molecule has 4 heteroatoms. The summed E-state index contributed by atoms with van der Waals surface area (Å²) < 4.78 is 4.97. The number of urea groups is 1. The van der Waals surface area contributed by atoms with E-state index in [1.807, 2.05) is 0 Å². The number of epoxide rings is 1. The van der Waals surface area contributed by atoms with Crippen molar-refractivity contribution in [2.75, 3.05) is 13.2 Å². The first-order valence-corrected chi connectivity index (χ1v) is 3.44. The average molecular weight is 144 g/mol. The van der Waals surface area contributed by atoms with Crippen LogP contribution in [0.2, 0.25) is 0 Å². The molecule has 1 aliphatic rings. The summed E-state index contributed by atoms with van der Waals surface area (Å²) in [5, 5.41) is 2.51. The lowest BCUT2D eigenvalue weighted by Crippen LogP contribution is -2.30.